The number of anilines is 2. The van der Waals surface area contributed by atoms with Crippen molar-refractivity contribution in [3.8, 4) is 0 Å². The van der Waals surface area contributed by atoms with Gasteiger partial charge in [-0.3, -0.25) is 4.72 Å². The number of alkyl halides is 3. The Bertz CT molecular complexity index is 1070. The smallest absolute Gasteiger partial charge is 0.478 e. The number of halogens is 3. The van der Waals surface area contributed by atoms with Crippen LogP contribution in [0.25, 0.3) is 0 Å². The Hall–Kier alpha value is -3.28. The van der Waals surface area contributed by atoms with Crippen molar-refractivity contribution in [3.05, 3.63) is 54.1 Å². The summed E-state index contributed by atoms with van der Waals surface area (Å²) in [7, 11) is -3.76. The maximum atomic E-state index is 12.4. The summed E-state index contributed by atoms with van der Waals surface area (Å²) in [5, 5.41) is 16.7. The molecule has 0 unspecified atom stereocenters. The molecule has 0 saturated carbocycles. The van der Waals surface area contributed by atoms with Gasteiger partial charge in [-0.25, -0.2) is 18.0 Å². The molecule has 3 rings (SSSR count). The molecule has 180 valence electrons. The van der Waals surface area contributed by atoms with Crippen molar-refractivity contribution in [1.29, 1.82) is 0 Å². The quantitative estimate of drug-likeness (QED) is 0.576. The van der Waals surface area contributed by atoms with E-state index in [-0.39, 0.29) is 16.1 Å². The SMILES string of the molecule is O=C(O)C(F)(F)F.O=C(O)c1cc(NS(=O)(=O)c2ccccc2)ccc1N1CCCCCC1. The van der Waals surface area contributed by atoms with Crippen molar-refractivity contribution in [3.63, 3.8) is 0 Å². The van der Waals surface area contributed by atoms with Crippen molar-refractivity contribution in [2.75, 3.05) is 22.7 Å². The fourth-order valence-electron chi connectivity index (χ4n) is 3.17. The second-order valence-corrected chi connectivity index (χ2v) is 8.84. The molecule has 3 N–H and O–H groups in total. The first-order valence-electron chi connectivity index (χ1n) is 9.92. The molecular weight excluding hydrogens is 465 g/mol. The van der Waals surface area contributed by atoms with Crippen LogP contribution >= 0.6 is 0 Å². The second kappa shape index (κ2) is 11.0. The lowest BCUT2D eigenvalue weighted by Crippen LogP contribution is -2.26. The van der Waals surface area contributed by atoms with Gasteiger partial charge >= 0.3 is 18.1 Å². The summed E-state index contributed by atoms with van der Waals surface area (Å²) in [6.45, 7) is 1.63. The van der Waals surface area contributed by atoms with Gasteiger partial charge in [-0.15, -0.1) is 0 Å². The van der Waals surface area contributed by atoms with Crippen LogP contribution in [0.15, 0.2) is 53.4 Å². The van der Waals surface area contributed by atoms with Gasteiger partial charge in [-0.2, -0.15) is 13.2 Å². The largest absolute Gasteiger partial charge is 0.490 e. The van der Waals surface area contributed by atoms with Gasteiger partial charge in [0, 0.05) is 18.8 Å². The van der Waals surface area contributed by atoms with E-state index in [0.717, 1.165) is 38.8 Å². The summed E-state index contributed by atoms with van der Waals surface area (Å²) >= 11 is 0. The van der Waals surface area contributed by atoms with E-state index >= 15 is 0 Å². The Morgan fingerprint density at radius 3 is 1.94 bits per heavy atom. The molecule has 12 heteroatoms. The summed E-state index contributed by atoms with van der Waals surface area (Å²) < 4.78 is 59.1. The van der Waals surface area contributed by atoms with E-state index in [2.05, 4.69) is 9.62 Å². The van der Waals surface area contributed by atoms with E-state index in [9.17, 15) is 31.5 Å². The first-order chi connectivity index (χ1) is 15.4. The number of benzene rings is 2. The number of carboxylic acids is 2. The first kappa shape index (κ1) is 26.0. The summed E-state index contributed by atoms with van der Waals surface area (Å²) in [5.41, 5.74) is 0.993. The van der Waals surface area contributed by atoms with Crippen LogP contribution in [0.3, 0.4) is 0 Å². The molecule has 1 heterocycles. The molecule has 8 nitrogen and oxygen atoms in total. The minimum Gasteiger partial charge on any atom is -0.478 e. The molecule has 2 aromatic carbocycles. The Labute approximate surface area is 188 Å². The highest BCUT2D eigenvalue weighted by Gasteiger charge is 2.38. The third-order valence-corrected chi connectivity index (χ3v) is 6.12. The van der Waals surface area contributed by atoms with E-state index in [4.69, 9.17) is 9.90 Å². The minimum absolute atomic E-state index is 0.111. The lowest BCUT2D eigenvalue weighted by molar-refractivity contribution is -0.192. The maximum absolute atomic E-state index is 12.4. The standard InChI is InChI=1S/C19H22N2O4S.C2HF3O2/c22-19(23)17-14-15(20-26(24,25)16-8-4-3-5-9-16)10-11-18(17)21-12-6-1-2-7-13-21;3-2(4,5)1(6)7/h3-5,8-11,14,20H,1-2,6-7,12-13H2,(H,22,23);(H,6,7). The molecule has 0 atom stereocenters. The molecule has 0 radical (unpaired) electrons. The number of aliphatic carboxylic acids is 1. The molecule has 1 fully saturated rings. The average molecular weight is 488 g/mol. The van der Waals surface area contributed by atoms with Gasteiger partial charge in [-0.05, 0) is 43.2 Å². The van der Waals surface area contributed by atoms with E-state index in [1.165, 1.54) is 18.2 Å². The number of hydrogen-bond donors (Lipinski definition) is 3. The number of carbonyl (C=O) groups is 2. The number of nitrogens with one attached hydrogen (secondary N) is 1. The second-order valence-electron chi connectivity index (χ2n) is 7.16. The van der Waals surface area contributed by atoms with Crippen LogP contribution in [0.1, 0.15) is 36.0 Å². The predicted octanol–water partition coefficient (Wildman–Crippen LogP) is 4.20. The number of carboxylic acid groups (broad SMARTS) is 2. The van der Waals surface area contributed by atoms with Crippen molar-refractivity contribution >= 4 is 33.3 Å². The summed E-state index contributed by atoms with van der Waals surface area (Å²) in [5.74, 6) is -3.82. The molecule has 0 aliphatic carbocycles. The fraction of sp³-hybridized carbons (Fsp3) is 0.333. The van der Waals surface area contributed by atoms with Crippen molar-refractivity contribution in [2.45, 2.75) is 36.8 Å². The summed E-state index contributed by atoms with van der Waals surface area (Å²) in [6, 6.07) is 12.7. The molecule has 1 aliphatic rings. The monoisotopic (exact) mass is 488 g/mol. The highest BCUT2D eigenvalue weighted by Crippen LogP contribution is 2.28. The number of rotatable bonds is 5. The lowest BCUT2D eigenvalue weighted by atomic mass is 10.1. The van der Waals surface area contributed by atoms with Gasteiger partial charge in [0.1, 0.15) is 0 Å². The zero-order valence-electron chi connectivity index (χ0n) is 17.4. The van der Waals surface area contributed by atoms with Crippen LogP contribution in [0, 0.1) is 0 Å². The zero-order chi connectivity index (χ0) is 24.6. The Balaban J connectivity index is 0.000000479. The van der Waals surface area contributed by atoms with Crippen LogP contribution in [0.2, 0.25) is 0 Å². The number of hydrogen-bond acceptors (Lipinski definition) is 5. The van der Waals surface area contributed by atoms with Gasteiger partial charge in [-0.1, -0.05) is 31.0 Å². The summed E-state index contributed by atoms with van der Waals surface area (Å²) in [6.07, 6.45) is -0.732. The Morgan fingerprint density at radius 2 is 1.45 bits per heavy atom. The maximum Gasteiger partial charge on any atom is 0.490 e. The third kappa shape index (κ3) is 7.67. The van der Waals surface area contributed by atoms with E-state index < -0.39 is 28.1 Å². The lowest BCUT2D eigenvalue weighted by Gasteiger charge is -2.24. The molecule has 0 spiro atoms. The van der Waals surface area contributed by atoms with Crippen LogP contribution in [0.4, 0.5) is 24.5 Å². The van der Waals surface area contributed by atoms with E-state index in [1.807, 2.05) is 0 Å². The van der Waals surface area contributed by atoms with Crippen LogP contribution in [0.5, 0.6) is 0 Å². The molecule has 0 aromatic heterocycles. The molecule has 0 bridgehead atoms. The first-order valence-corrected chi connectivity index (χ1v) is 11.4. The Morgan fingerprint density at radius 1 is 0.909 bits per heavy atom. The molecule has 1 aliphatic heterocycles. The third-order valence-electron chi connectivity index (χ3n) is 4.72. The average Bonchev–Trinajstić information content (AvgIpc) is 3.03. The number of sulfonamides is 1. The van der Waals surface area contributed by atoms with Crippen LogP contribution < -0.4 is 9.62 Å². The summed E-state index contributed by atoms with van der Waals surface area (Å²) in [4.78, 5) is 22.8. The Kier molecular flexibility index (Phi) is 8.69. The minimum atomic E-state index is -5.08. The fourth-order valence-corrected chi connectivity index (χ4v) is 4.24. The van der Waals surface area contributed by atoms with Crippen molar-refractivity contribution in [2.24, 2.45) is 0 Å². The number of aromatic carboxylic acids is 1. The molecule has 2 aromatic rings. The van der Waals surface area contributed by atoms with Crippen LogP contribution in [-0.4, -0.2) is 49.8 Å². The van der Waals surface area contributed by atoms with E-state index in [0.29, 0.717) is 5.69 Å². The van der Waals surface area contributed by atoms with Crippen LogP contribution in [-0.2, 0) is 14.8 Å². The highest BCUT2D eigenvalue weighted by molar-refractivity contribution is 7.92. The molecular formula is C21H23F3N2O6S. The van der Waals surface area contributed by atoms with Gasteiger partial charge in [0.25, 0.3) is 10.0 Å². The predicted molar refractivity (Wildman–Crippen MR) is 115 cm³/mol. The molecule has 33 heavy (non-hydrogen) atoms. The van der Waals surface area contributed by atoms with Gasteiger partial charge in [0.15, 0.2) is 0 Å². The van der Waals surface area contributed by atoms with Gasteiger partial charge in [0.05, 0.1) is 16.1 Å². The van der Waals surface area contributed by atoms with E-state index in [1.54, 1.807) is 30.3 Å². The van der Waals surface area contributed by atoms with Crippen molar-refractivity contribution < 1.29 is 41.4 Å². The normalized spacial score (nSPS) is 14.5. The van der Waals surface area contributed by atoms with Crippen molar-refractivity contribution in [1.82, 2.24) is 0 Å². The highest BCUT2D eigenvalue weighted by atomic mass is 32.2. The van der Waals surface area contributed by atoms with Gasteiger partial charge in [0.2, 0.25) is 0 Å². The topological polar surface area (TPSA) is 124 Å². The zero-order valence-corrected chi connectivity index (χ0v) is 18.2. The molecule has 0 amide bonds. The molecule has 1 saturated heterocycles. The number of nitrogens with zero attached hydrogens (tertiary/aromatic N) is 1. The van der Waals surface area contributed by atoms with Gasteiger partial charge < -0.3 is 15.1 Å².